The Kier molecular flexibility index (Phi) is 3.96. The number of nitrogens with two attached hydrogens (primary N) is 1. The quantitative estimate of drug-likeness (QED) is 0.881. The topological polar surface area (TPSA) is 69.1 Å². The highest BCUT2D eigenvalue weighted by atomic mass is 32.2. The van der Waals surface area contributed by atoms with Crippen LogP contribution in [0.1, 0.15) is 44.0 Å². The highest BCUT2D eigenvalue weighted by molar-refractivity contribution is 7.99. The summed E-state index contributed by atoms with van der Waals surface area (Å²) in [5.41, 5.74) is 8.66. The molecule has 1 aliphatic heterocycles. The van der Waals surface area contributed by atoms with Crippen LogP contribution in [-0.2, 0) is 0 Å². The van der Waals surface area contributed by atoms with Gasteiger partial charge in [0, 0.05) is 17.4 Å². The molecule has 0 unspecified atom stereocenters. The molecule has 2 heterocycles. The molecule has 0 saturated heterocycles. The van der Waals surface area contributed by atoms with E-state index in [1.54, 1.807) is 11.8 Å². The number of rotatable bonds is 4. The van der Waals surface area contributed by atoms with E-state index in [2.05, 4.69) is 24.0 Å². The maximum atomic E-state index is 5.75. The van der Waals surface area contributed by atoms with Crippen LogP contribution in [0.2, 0.25) is 0 Å². The number of benzene rings is 1. The first-order chi connectivity index (χ1) is 10.2. The summed E-state index contributed by atoms with van der Waals surface area (Å²) in [6, 6.07) is 7.85. The Hall–Kier alpha value is -1.82. The van der Waals surface area contributed by atoms with Crippen molar-refractivity contribution in [3.05, 3.63) is 35.7 Å². The number of anilines is 1. The second-order valence-corrected chi connectivity index (χ2v) is 6.07. The van der Waals surface area contributed by atoms with Crippen molar-refractivity contribution in [1.82, 2.24) is 14.9 Å². The lowest BCUT2D eigenvalue weighted by Crippen LogP contribution is -2.15. The third-order valence-corrected chi connectivity index (χ3v) is 4.72. The molecule has 1 aromatic carbocycles. The van der Waals surface area contributed by atoms with Gasteiger partial charge in [0.1, 0.15) is 0 Å². The van der Waals surface area contributed by atoms with Crippen molar-refractivity contribution >= 4 is 23.2 Å². The van der Waals surface area contributed by atoms with E-state index in [1.807, 2.05) is 28.9 Å². The molecule has 6 heteroatoms. The number of nitrogen functional groups attached to an aromatic ring is 1. The highest BCUT2D eigenvalue weighted by Gasteiger charge is 2.23. The minimum absolute atomic E-state index is 0.404. The molecule has 0 radical (unpaired) electrons. The molecule has 1 aliphatic rings. The molecule has 5 nitrogen and oxygen atoms in total. The third kappa shape index (κ3) is 2.68. The van der Waals surface area contributed by atoms with Gasteiger partial charge >= 0.3 is 0 Å². The summed E-state index contributed by atoms with van der Waals surface area (Å²) in [5.74, 6) is 2.18. The minimum Gasteiger partial charge on any atom is -0.399 e. The molecular formula is C15H19N5S. The van der Waals surface area contributed by atoms with E-state index in [9.17, 15) is 0 Å². The maximum absolute atomic E-state index is 5.75. The molecule has 0 atom stereocenters. The average molecular weight is 301 g/mol. The van der Waals surface area contributed by atoms with Crippen molar-refractivity contribution in [2.45, 2.75) is 37.8 Å². The average Bonchev–Trinajstić information content (AvgIpc) is 2.93. The Morgan fingerprint density at radius 1 is 1.19 bits per heavy atom. The lowest BCUT2D eigenvalue weighted by molar-refractivity contribution is 0.561. The molecule has 0 bridgehead atoms. The summed E-state index contributed by atoms with van der Waals surface area (Å²) in [5, 5.41) is 14.3. The van der Waals surface area contributed by atoms with Gasteiger partial charge in [0.05, 0.1) is 5.71 Å². The van der Waals surface area contributed by atoms with Gasteiger partial charge in [0.25, 0.3) is 0 Å². The van der Waals surface area contributed by atoms with Crippen molar-refractivity contribution in [1.29, 1.82) is 0 Å². The van der Waals surface area contributed by atoms with Crippen molar-refractivity contribution in [3.8, 4) is 0 Å². The Balaban J connectivity index is 1.99. The van der Waals surface area contributed by atoms with Gasteiger partial charge in [-0.2, -0.15) is 9.78 Å². The van der Waals surface area contributed by atoms with Crippen molar-refractivity contribution in [2.24, 2.45) is 5.10 Å². The van der Waals surface area contributed by atoms with Crippen LogP contribution < -0.4 is 5.73 Å². The first-order valence-electron chi connectivity index (χ1n) is 7.24. The predicted molar refractivity (Wildman–Crippen MR) is 86.9 cm³/mol. The largest absolute Gasteiger partial charge is 0.399 e. The zero-order valence-electron chi connectivity index (χ0n) is 12.3. The summed E-state index contributed by atoms with van der Waals surface area (Å²) >= 11 is 1.68. The zero-order chi connectivity index (χ0) is 14.8. The van der Waals surface area contributed by atoms with E-state index >= 15 is 0 Å². The van der Waals surface area contributed by atoms with E-state index in [0.717, 1.165) is 46.5 Å². The molecule has 3 rings (SSSR count). The summed E-state index contributed by atoms with van der Waals surface area (Å²) in [6.07, 6.45) is 2.10. The first-order valence-corrected chi connectivity index (χ1v) is 8.23. The van der Waals surface area contributed by atoms with E-state index < -0.39 is 0 Å². The van der Waals surface area contributed by atoms with Crippen molar-refractivity contribution in [2.75, 3.05) is 11.5 Å². The second-order valence-electron chi connectivity index (χ2n) is 5.12. The summed E-state index contributed by atoms with van der Waals surface area (Å²) in [6.45, 7) is 4.35. The summed E-state index contributed by atoms with van der Waals surface area (Å²) in [7, 11) is 0. The van der Waals surface area contributed by atoms with Gasteiger partial charge in [-0.05, 0) is 30.5 Å². The molecular weight excluding hydrogens is 282 g/mol. The second kappa shape index (κ2) is 5.89. The lowest BCUT2D eigenvalue weighted by Gasteiger charge is -2.16. The minimum atomic E-state index is 0.404. The Morgan fingerprint density at radius 2 is 1.90 bits per heavy atom. The first kappa shape index (κ1) is 14.1. The fourth-order valence-electron chi connectivity index (χ4n) is 2.47. The van der Waals surface area contributed by atoms with Crippen LogP contribution in [0.5, 0.6) is 0 Å². The molecule has 21 heavy (non-hydrogen) atoms. The molecule has 1 aromatic heterocycles. The van der Waals surface area contributed by atoms with Gasteiger partial charge in [0.15, 0.2) is 5.82 Å². The molecule has 0 spiro atoms. The lowest BCUT2D eigenvalue weighted by atomic mass is 10.0. The summed E-state index contributed by atoms with van der Waals surface area (Å²) < 4.78 is 1.91. The molecule has 110 valence electrons. The van der Waals surface area contributed by atoms with Crippen LogP contribution in [0.25, 0.3) is 0 Å². The number of nitrogens with zero attached hydrogens (tertiary/aromatic N) is 4. The third-order valence-electron chi connectivity index (χ3n) is 3.79. The van der Waals surface area contributed by atoms with Crippen LogP contribution in [0.4, 0.5) is 5.69 Å². The fourth-order valence-corrected chi connectivity index (χ4v) is 3.31. The smallest absolute Gasteiger partial charge is 0.212 e. The van der Waals surface area contributed by atoms with E-state index in [-0.39, 0.29) is 0 Å². The number of hydrogen-bond donors (Lipinski definition) is 1. The van der Waals surface area contributed by atoms with Gasteiger partial charge in [-0.15, -0.1) is 10.2 Å². The number of thioether (sulfide) groups is 1. The van der Waals surface area contributed by atoms with E-state index in [1.165, 1.54) is 0 Å². The van der Waals surface area contributed by atoms with Crippen LogP contribution in [-0.4, -0.2) is 26.3 Å². The Labute approximate surface area is 128 Å². The Morgan fingerprint density at radius 3 is 2.57 bits per heavy atom. The number of aromatic nitrogens is 3. The Bertz CT molecular complexity index is 655. The van der Waals surface area contributed by atoms with E-state index in [4.69, 9.17) is 10.8 Å². The zero-order valence-corrected chi connectivity index (χ0v) is 13.1. The van der Waals surface area contributed by atoms with Crippen LogP contribution in [0.3, 0.4) is 0 Å². The maximum Gasteiger partial charge on any atom is 0.212 e. The predicted octanol–water partition coefficient (Wildman–Crippen LogP) is 3.12. The molecule has 0 amide bonds. The monoisotopic (exact) mass is 301 g/mol. The standard InChI is InChI=1S/C15H19N5S/c1-3-10(4-2)14-17-18-15-20(14)19-13(9-21-15)11-5-7-12(16)8-6-11/h5-8,10H,3-4,9,16H2,1-2H3. The highest BCUT2D eigenvalue weighted by Crippen LogP contribution is 2.29. The van der Waals surface area contributed by atoms with Crippen LogP contribution in [0.15, 0.2) is 34.5 Å². The van der Waals surface area contributed by atoms with Gasteiger partial charge < -0.3 is 5.73 Å². The van der Waals surface area contributed by atoms with Gasteiger partial charge in [-0.1, -0.05) is 37.7 Å². The molecule has 0 fully saturated rings. The van der Waals surface area contributed by atoms with Gasteiger partial charge in [0.2, 0.25) is 5.16 Å². The van der Waals surface area contributed by atoms with Crippen LogP contribution in [0, 0.1) is 0 Å². The van der Waals surface area contributed by atoms with Crippen molar-refractivity contribution < 1.29 is 0 Å². The normalized spacial score (nSPS) is 14.1. The van der Waals surface area contributed by atoms with E-state index in [0.29, 0.717) is 5.92 Å². The fraction of sp³-hybridized carbons (Fsp3) is 0.400. The number of fused-ring (bicyclic) bond motifs is 1. The summed E-state index contributed by atoms with van der Waals surface area (Å²) in [4.78, 5) is 0. The van der Waals surface area contributed by atoms with Crippen LogP contribution >= 0.6 is 11.8 Å². The van der Waals surface area contributed by atoms with Gasteiger partial charge in [-0.25, -0.2) is 0 Å². The van der Waals surface area contributed by atoms with Gasteiger partial charge in [-0.3, -0.25) is 0 Å². The molecule has 2 aromatic rings. The molecule has 0 aliphatic carbocycles. The molecule has 2 N–H and O–H groups in total. The SMILES string of the molecule is CCC(CC)c1nnc2n1N=C(c1ccc(N)cc1)CS2. The van der Waals surface area contributed by atoms with Crippen molar-refractivity contribution in [3.63, 3.8) is 0 Å². The number of hydrogen-bond acceptors (Lipinski definition) is 5. The molecule has 0 saturated carbocycles.